The van der Waals surface area contributed by atoms with Crippen LogP contribution in [-0.2, 0) is 17.0 Å². The van der Waals surface area contributed by atoms with E-state index in [1.54, 1.807) is 11.8 Å². The summed E-state index contributed by atoms with van der Waals surface area (Å²) in [6.45, 7) is 0. The lowest BCUT2D eigenvalue weighted by molar-refractivity contribution is -0.115. The van der Waals surface area contributed by atoms with Crippen molar-refractivity contribution >= 4 is 45.7 Å². The highest BCUT2D eigenvalue weighted by Gasteiger charge is 2.12. The van der Waals surface area contributed by atoms with Gasteiger partial charge in [-0.15, -0.1) is 11.3 Å². The third-order valence-corrected chi connectivity index (χ3v) is 6.38. The number of amides is 1. The maximum absolute atomic E-state index is 12.3. The first kappa shape index (κ1) is 18.8. The van der Waals surface area contributed by atoms with Crippen molar-refractivity contribution in [1.29, 1.82) is 0 Å². The number of carbonyl (C=O) groups excluding carboxylic acids is 1. The van der Waals surface area contributed by atoms with Gasteiger partial charge in [-0.3, -0.25) is 4.79 Å². The first-order valence-corrected chi connectivity index (χ1v) is 11.2. The Hall–Kier alpha value is -2.55. The molecule has 140 valence electrons. The fourth-order valence-electron chi connectivity index (χ4n) is 2.47. The number of nitrogens with one attached hydrogen (secondary N) is 1. The Labute approximate surface area is 175 Å². The molecule has 1 N–H and O–H groups in total. The van der Waals surface area contributed by atoms with E-state index >= 15 is 0 Å². The maximum Gasteiger partial charge on any atom is 0.232 e. The summed E-state index contributed by atoms with van der Waals surface area (Å²) in [5.74, 6) is 0.659. The Morgan fingerprint density at radius 2 is 1.75 bits per heavy atom. The molecule has 0 aliphatic rings. The lowest BCUT2D eigenvalue weighted by atomic mass is 10.2. The molecule has 5 nitrogen and oxygen atoms in total. The van der Waals surface area contributed by atoms with Crippen LogP contribution in [-0.4, -0.2) is 20.2 Å². The highest BCUT2D eigenvalue weighted by molar-refractivity contribution is 7.98. The van der Waals surface area contributed by atoms with Gasteiger partial charge in [-0.1, -0.05) is 72.4 Å². The first-order valence-electron chi connectivity index (χ1n) is 8.56. The molecule has 0 bridgehead atoms. The summed E-state index contributed by atoms with van der Waals surface area (Å²) in [6, 6.07) is 20.1. The van der Waals surface area contributed by atoms with Gasteiger partial charge in [0.2, 0.25) is 16.2 Å². The van der Waals surface area contributed by atoms with Crippen LogP contribution in [0.15, 0.2) is 71.2 Å². The van der Waals surface area contributed by atoms with E-state index in [0.29, 0.717) is 10.3 Å². The van der Waals surface area contributed by atoms with Crippen LogP contribution in [0.2, 0.25) is 0 Å². The van der Waals surface area contributed by atoms with Crippen LogP contribution >= 0.6 is 34.6 Å². The molecule has 2 aromatic carbocycles. The lowest BCUT2D eigenvalue weighted by Gasteiger charge is -1.99. The van der Waals surface area contributed by atoms with Crippen molar-refractivity contribution in [2.45, 2.75) is 17.3 Å². The van der Waals surface area contributed by atoms with Gasteiger partial charge in [0.15, 0.2) is 0 Å². The van der Waals surface area contributed by atoms with Gasteiger partial charge >= 0.3 is 0 Å². The number of nitrogens with zero attached hydrogens (tertiary/aromatic N) is 3. The Balaban J connectivity index is 1.31. The Morgan fingerprint density at radius 1 is 1.00 bits per heavy atom. The van der Waals surface area contributed by atoms with Gasteiger partial charge in [0.25, 0.3) is 0 Å². The lowest BCUT2D eigenvalue weighted by Crippen LogP contribution is -2.14. The summed E-state index contributed by atoms with van der Waals surface area (Å²) >= 11 is 4.29. The van der Waals surface area contributed by atoms with Crippen molar-refractivity contribution in [3.63, 3.8) is 0 Å². The van der Waals surface area contributed by atoms with Gasteiger partial charge in [-0.25, -0.2) is 4.98 Å². The summed E-state index contributed by atoms with van der Waals surface area (Å²) in [4.78, 5) is 21.2. The number of hydrogen-bond donors (Lipinski definition) is 1. The molecule has 0 radical (unpaired) electrons. The van der Waals surface area contributed by atoms with Crippen LogP contribution in [0.3, 0.4) is 0 Å². The van der Waals surface area contributed by atoms with E-state index in [2.05, 4.69) is 31.8 Å². The first-order chi connectivity index (χ1) is 13.8. The summed E-state index contributed by atoms with van der Waals surface area (Å²) < 4.78 is 4.30. The normalized spacial score (nSPS) is 10.7. The van der Waals surface area contributed by atoms with Crippen molar-refractivity contribution in [1.82, 2.24) is 14.3 Å². The number of rotatable bonds is 7. The molecule has 0 aliphatic carbocycles. The smallest absolute Gasteiger partial charge is 0.232 e. The van der Waals surface area contributed by atoms with Crippen molar-refractivity contribution in [2.75, 3.05) is 5.32 Å². The number of anilines is 1. The molecule has 0 aliphatic heterocycles. The average Bonchev–Trinajstić information content (AvgIpc) is 3.37. The van der Waals surface area contributed by atoms with Crippen molar-refractivity contribution in [3.05, 3.63) is 77.3 Å². The number of carbonyl (C=O) groups is 1. The molecule has 0 unspecified atom stereocenters. The van der Waals surface area contributed by atoms with E-state index in [1.165, 1.54) is 28.4 Å². The predicted molar refractivity (Wildman–Crippen MR) is 116 cm³/mol. The third kappa shape index (κ3) is 5.03. The van der Waals surface area contributed by atoms with Crippen LogP contribution < -0.4 is 5.32 Å². The summed E-state index contributed by atoms with van der Waals surface area (Å²) in [6.07, 6.45) is 0.218. The van der Waals surface area contributed by atoms with E-state index in [-0.39, 0.29) is 12.3 Å². The molecule has 0 atom stereocenters. The van der Waals surface area contributed by atoms with E-state index in [0.717, 1.165) is 22.0 Å². The van der Waals surface area contributed by atoms with Crippen LogP contribution in [0.5, 0.6) is 0 Å². The molecule has 0 saturated heterocycles. The minimum Gasteiger partial charge on any atom is -0.300 e. The van der Waals surface area contributed by atoms with Crippen molar-refractivity contribution in [3.8, 4) is 10.6 Å². The van der Waals surface area contributed by atoms with E-state index < -0.39 is 0 Å². The molecule has 2 aromatic heterocycles. The topological polar surface area (TPSA) is 67.8 Å². The second-order valence-corrected chi connectivity index (χ2v) is 8.44. The van der Waals surface area contributed by atoms with Crippen LogP contribution in [0.4, 0.5) is 5.13 Å². The largest absolute Gasteiger partial charge is 0.300 e. The molecule has 28 heavy (non-hydrogen) atoms. The molecular weight excluding hydrogens is 408 g/mol. The second kappa shape index (κ2) is 9.09. The number of aromatic nitrogens is 3. The van der Waals surface area contributed by atoms with Gasteiger partial charge in [0, 0.05) is 28.2 Å². The van der Waals surface area contributed by atoms with Gasteiger partial charge in [-0.05, 0) is 5.56 Å². The molecule has 4 rings (SSSR count). The zero-order valence-corrected chi connectivity index (χ0v) is 17.2. The summed E-state index contributed by atoms with van der Waals surface area (Å²) in [7, 11) is 0. The number of hydrogen-bond acceptors (Lipinski definition) is 7. The molecule has 2 heterocycles. The molecule has 0 spiro atoms. The van der Waals surface area contributed by atoms with Gasteiger partial charge in [0.05, 0.1) is 12.1 Å². The van der Waals surface area contributed by atoms with Gasteiger partial charge in [0.1, 0.15) is 5.01 Å². The predicted octanol–water partition coefficient (Wildman–Crippen LogP) is 5.14. The molecule has 0 fully saturated rings. The van der Waals surface area contributed by atoms with Crippen LogP contribution in [0, 0.1) is 0 Å². The molecule has 1 amide bonds. The average molecular weight is 425 g/mol. The van der Waals surface area contributed by atoms with Gasteiger partial charge in [-0.2, -0.15) is 9.36 Å². The van der Waals surface area contributed by atoms with Crippen molar-refractivity contribution in [2.24, 2.45) is 0 Å². The number of benzene rings is 2. The number of thioether (sulfide) groups is 1. The minimum atomic E-state index is -0.138. The minimum absolute atomic E-state index is 0.138. The monoisotopic (exact) mass is 424 g/mol. The summed E-state index contributed by atoms with van der Waals surface area (Å²) in [5.41, 5.74) is 3.03. The van der Waals surface area contributed by atoms with Crippen molar-refractivity contribution < 1.29 is 4.79 Å². The molecule has 0 saturated carbocycles. The fraction of sp³-hybridized carbons (Fsp3) is 0.100. The Morgan fingerprint density at radius 3 is 2.54 bits per heavy atom. The Kier molecular flexibility index (Phi) is 6.11. The number of thiazole rings is 1. The molecular formula is C20H16N4OS3. The van der Waals surface area contributed by atoms with E-state index in [1.807, 2.05) is 53.9 Å². The molecule has 8 heteroatoms. The van der Waals surface area contributed by atoms with Crippen LogP contribution in [0.25, 0.3) is 10.6 Å². The maximum atomic E-state index is 12.3. The Bertz CT molecular complexity index is 1050. The highest BCUT2D eigenvalue weighted by Crippen LogP contribution is 2.25. The van der Waals surface area contributed by atoms with E-state index in [4.69, 9.17) is 0 Å². The quantitative estimate of drug-likeness (QED) is 0.416. The third-order valence-electron chi connectivity index (χ3n) is 3.78. The molecule has 4 aromatic rings. The zero-order valence-electron chi connectivity index (χ0n) is 14.7. The standard InChI is InChI=1S/C20H16N4OS3/c25-17(11-16-13-26-18(21-16)15-9-5-2-6-10-15)22-19-23-20(24-28-19)27-12-14-7-3-1-4-8-14/h1-10,13H,11-12H2,(H,22,23,24,25). The summed E-state index contributed by atoms with van der Waals surface area (Å²) in [5, 5.41) is 6.83. The SMILES string of the molecule is O=C(Cc1csc(-c2ccccc2)n1)Nc1nc(SCc2ccccc2)ns1. The van der Waals surface area contributed by atoms with E-state index in [9.17, 15) is 4.79 Å². The second-order valence-electron chi connectivity index (χ2n) is 5.89. The fourth-order valence-corrected chi connectivity index (χ4v) is 4.81. The van der Waals surface area contributed by atoms with Gasteiger partial charge < -0.3 is 5.32 Å². The highest BCUT2D eigenvalue weighted by atomic mass is 32.2. The zero-order chi connectivity index (χ0) is 19.2. The van der Waals surface area contributed by atoms with Crippen LogP contribution in [0.1, 0.15) is 11.3 Å².